The Morgan fingerprint density at radius 3 is 2.27 bits per heavy atom. The lowest BCUT2D eigenvalue weighted by Gasteiger charge is -1.96. The van der Waals surface area contributed by atoms with Gasteiger partial charge in [0.05, 0.1) is 0 Å². The molecule has 2 rings (SSSR count). The minimum atomic E-state index is 0.413. The van der Waals surface area contributed by atoms with Crippen molar-refractivity contribution in [1.29, 1.82) is 0 Å². The number of halogens is 1. The molecule has 2 N–H and O–H groups in total. The molecule has 1 fully saturated rings. The molecule has 1 aliphatic carbocycles. The molecule has 0 spiro atoms. The minimum Gasteiger partial charge on any atom is -0.327 e. The highest BCUT2D eigenvalue weighted by Crippen LogP contribution is 2.38. The Morgan fingerprint density at radius 2 is 1.82 bits per heavy atom. The van der Waals surface area contributed by atoms with Gasteiger partial charge >= 0.3 is 0 Å². The van der Waals surface area contributed by atoms with Crippen LogP contribution >= 0.6 is 15.9 Å². The molecule has 11 heavy (non-hydrogen) atoms. The van der Waals surface area contributed by atoms with Gasteiger partial charge in [0.2, 0.25) is 0 Å². The number of hydrogen-bond donors (Lipinski definition) is 1. The fraction of sp³-hybridized carbons (Fsp3) is 0.333. The molecule has 0 radical (unpaired) electrons. The highest BCUT2D eigenvalue weighted by atomic mass is 79.9. The molecule has 1 aromatic rings. The van der Waals surface area contributed by atoms with Crippen LogP contribution in [0, 0.1) is 0 Å². The van der Waals surface area contributed by atoms with E-state index < -0.39 is 0 Å². The predicted molar refractivity (Wildman–Crippen MR) is 49.5 cm³/mol. The first-order chi connectivity index (χ1) is 5.27. The molecular formula is C9H10BrN. The van der Waals surface area contributed by atoms with Crippen LogP contribution in [0.1, 0.15) is 17.9 Å². The molecule has 2 atom stereocenters. The molecule has 1 nitrogen and oxygen atoms in total. The average Bonchev–Trinajstić information content (AvgIpc) is 2.69. The summed E-state index contributed by atoms with van der Waals surface area (Å²) < 4.78 is 1.13. The molecule has 1 aromatic carbocycles. The Hall–Kier alpha value is -0.340. The van der Waals surface area contributed by atoms with Crippen molar-refractivity contribution in [3.63, 3.8) is 0 Å². The van der Waals surface area contributed by atoms with E-state index in [1.165, 1.54) is 5.56 Å². The van der Waals surface area contributed by atoms with Crippen molar-refractivity contribution in [2.75, 3.05) is 0 Å². The largest absolute Gasteiger partial charge is 0.327 e. The molecule has 0 aliphatic heterocycles. The minimum absolute atomic E-state index is 0.413. The first kappa shape index (κ1) is 7.32. The third kappa shape index (κ3) is 1.47. The molecule has 0 bridgehead atoms. The van der Waals surface area contributed by atoms with Crippen LogP contribution in [0.5, 0.6) is 0 Å². The predicted octanol–water partition coefficient (Wildman–Crippen LogP) is 2.26. The third-order valence-corrected chi connectivity index (χ3v) is 2.67. The van der Waals surface area contributed by atoms with Gasteiger partial charge in [-0.1, -0.05) is 28.1 Å². The maximum absolute atomic E-state index is 5.72. The van der Waals surface area contributed by atoms with Gasteiger partial charge < -0.3 is 5.73 Å². The van der Waals surface area contributed by atoms with Crippen LogP contribution in [0.2, 0.25) is 0 Å². The van der Waals surface area contributed by atoms with Crippen molar-refractivity contribution in [2.24, 2.45) is 5.73 Å². The summed E-state index contributed by atoms with van der Waals surface area (Å²) in [5.74, 6) is 0.628. The van der Waals surface area contributed by atoms with Crippen molar-refractivity contribution < 1.29 is 0 Å². The van der Waals surface area contributed by atoms with Gasteiger partial charge in [0.1, 0.15) is 0 Å². The number of hydrogen-bond acceptors (Lipinski definition) is 1. The van der Waals surface area contributed by atoms with E-state index >= 15 is 0 Å². The van der Waals surface area contributed by atoms with Crippen molar-refractivity contribution in [3.8, 4) is 0 Å². The molecule has 0 heterocycles. The first-order valence-electron chi connectivity index (χ1n) is 3.78. The Bertz CT molecular complexity index is 255. The Morgan fingerprint density at radius 1 is 1.27 bits per heavy atom. The van der Waals surface area contributed by atoms with Crippen LogP contribution in [-0.2, 0) is 0 Å². The highest BCUT2D eigenvalue weighted by Gasteiger charge is 2.34. The lowest BCUT2D eigenvalue weighted by atomic mass is 10.1. The monoisotopic (exact) mass is 211 g/mol. The summed E-state index contributed by atoms with van der Waals surface area (Å²) in [4.78, 5) is 0. The molecule has 1 saturated carbocycles. The zero-order valence-corrected chi connectivity index (χ0v) is 7.71. The maximum atomic E-state index is 5.72. The summed E-state index contributed by atoms with van der Waals surface area (Å²) in [5, 5.41) is 0. The topological polar surface area (TPSA) is 26.0 Å². The third-order valence-electron chi connectivity index (χ3n) is 2.14. The van der Waals surface area contributed by atoms with Gasteiger partial charge in [-0.05, 0) is 24.1 Å². The van der Waals surface area contributed by atoms with Crippen molar-refractivity contribution in [2.45, 2.75) is 18.4 Å². The maximum Gasteiger partial charge on any atom is 0.0175 e. The molecule has 1 aliphatic rings. The van der Waals surface area contributed by atoms with Crippen LogP contribution in [0.3, 0.4) is 0 Å². The van der Waals surface area contributed by atoms with E-state index in [2.05, 4.69) is 40.2 Å². The summed E-state index contributed by atoms with van der Waals surface area (Å²) in [5.41, 5.74) is 7.10. The van der Waals surface area contributed by atoms with Crippen molar-refractivity contribution in [3.05, 3.63) is 34.3 Å². The van der Waals surface area contributed by atoms with Gasteiger partial charge in [-0.15, -0.1) is 0 Å². The fourth-order valence-corrected chi connectivity index (χ4v) is 1.57. The van der Waals surface area contributed by atoms with Gasteiger partial charge in [-0.2, -0.15) is 0 Å². The van der Waals surface area contributed by atoms with Crippen LogP contribution in [0.15, 0.2) is 28.7 Å². The zero-order valence-electron chi connectivity index (χ0n) is 6.13. The van der Waals surface area contributed by atoms with Crippen LogP contribution in [-0.4, -0.2) is 6.04 Å². The first-order valence-corrected chi connectivity index (χ1v) is 4.58. The van der Waals surface area contributed by atoms with Crippen LogP contribution < -0.4 is 5.73 Å². The van der Waals surface area contributed by atoms with Crippen molar-refractivity contribution in [1.82, 2.24) is 0 Å². The van der Waals surface area contributed by atoms with Crippen LogP contribution in [0.25, 0.3) is 0 Å². The number of rotatable bonds is 1. The Balaban J connectivity index is 2.21. The molecule has 0 unspecified atom stereocenters. The van der Waals surface area contributed by atoms with Gasteiger partial charge in [0.25, 0.3) is 0 Å². The average molecular weight is 212 g/mol. The molecule has 2 heteroatoms. The van der Waals surface area contributed by atoms with Gasteiger partial charge in [-0.3, -0.25) is 0 Å². The van der Waals surface area contributed by atoms with Gasteiger partial charge in [0.15, 0.2) is 0 Å². The van der Waals surface area contributed by atoms with E-state index in [0.717, 1.165) is 10.9 Å². The Kier molecular flexibility index (Phi) is 1.74. The summed E-state index contributed by atoms with van der Waals surface area (Å²) in [6.45, 7) is 0. The summed E-state index contributed by atoms with van der Waals surface area (Å²) in [6, 6.07) is 8.83. The second kappa shape index (κ2) is 2.61. The highest BCUT2D eigenvalue weighted by molar-refractivity contribution is 9.10. The normalized spacial score (nSPS) is 28.5. The second-order valence-electron chi connectivity index (χ2n) is 3.06. The lowest BCUT2D eigenvalue weighted by molar-refractivity contribution is 0.990. The van der Waals surface area contributed by atoms with E-state index in [4.69, 9.17) is 5.73 Å². The number of nitrogens with two attached hydrogens (primary N) is 1. The van der Waals surface area contributed by atoms with Gasteiger partial charge in [-0.25, -0.2) is 0 Å². The molecule has 0 saturated heterocycles. The fourth-order valence-electron chi connectivity index (χ4n) is 1.31. The van der Waals surface area contributed by atoms with E-state index in [-0.39, 0.29) is 0 Å². The lowest BCUT2D eigenvalue weighted by Crippen LogP contribution is -2.00. The van der Waals surface area contributed by atoms with Crippen LogP contribution in [0.4, 0.5) is 0 Å². The zero-order chi connectivity index (χ0) is 7.84. The number of benzene rings is 1. The standard InChI is InChI=1S/C9H10BrN/c10-7-3-1-6(2-4-7)8-5-9(8)11/h1-4,8-9H,5,11H2/t8-,9-/m1/s1. The van der Waals surface area contributed by atoms with E-state index in [9.17, 15) is 0 Å². The molecule has 0 amide bonds. The van der Waals surface area contributed by atoms with Crippen molar-refractivity contribution >= 4 is 15.9 Å². The van der Waals surface area contributed by atoms with E-state index in [1.807, 2.05) is 0 Å². The summed E-state index contributed by atoms with van der Waals surface area (Å²) >= 11 is 3.40. The second-order valence-corrected chi connectivity index (χ2v) is 3.97. The Labute approximate surface area is 74.7 Å². The summed E-state index contributed by atoms with van der Waals surface area (Å²) in [7, 11) is 0. The quantitative estimate of drug-likeness (QED) is 0.759. The van der Waals surface area contributed by atoms with E-state index in [0.29, 0.717) is 12.0 Å². The van der Waals surface area contributed by atoms with E-state index in [1.54, 1.807) is 0 Å². The molecule has 0 aromatic heterocycles. The SMILES string of the molecule is N[C@@H]1C[C@@H]1c1ccc(Br)cc1. The molecule has 58 valence electrons. The van der Waals surface area contributed by atoms with Gasteiger partial charge in [0, 0.05) is 16.4 Å². The summed E-state index contributed by atoms with van der Waals surface area (Å²) in [6.07, 6.45) is 1.15. The molecular weight excluding hydrogens is 202 g/mol. The smallest absolute Gasteiger partial charge is 0.0175 e.